The van der Waals surface area contributed by atoms with Gasteiger partial charge in [0.1, 0.15) is 0 Å². The Hall–Kier alpha value is -1.09. The zero-order chi connectivity index (χ0) is 11.8. The lowest BCUT2D eigenvalue weighted by atomic mass is 10.2. The zero-order valence-electron chi connectivity index (χ0n) is 10.7. The average molecular weight is 221 g/mol. The van der Waals surface area contributed by atoms with E-state index in [9.17, 15) is 0 Å². The molecule has 1 N–H and O–H groups in total. The van der Waals surface area contributed by atoms with Crippen molar-refractivity contribution < 1.29 is 0 Å². The Balaban J connectivity index is 2.77. The van der Waals surface area contributed by atoms with E-state index in [1.165, 1.54) is 18.5 Å². The maximum absolute atomic E-state index is 4.34. The number of pyridine rings is 1. The van der Waals surface area contributed by atoms with Crippen LogP contribution in [0.15, 0.2) is 18.3 Å². The molecule has 1 aromatic rings. The highest BCUT2D eigenvalue weighted by molar-refractivity contribution is 5.46. The van der Waals surface area contributed by atoms with Gasteiger partial charge in [-0.3, -0.25) is 4.98 Å². The SMILES string of the molecule is CCCN(CCC)c1ccnc(CNC)c1. The number of rotatable bonds is 7. The molecule has 0 fully saturated rings. The lowest BCUT2D eigenvalue weighted by molar-refractivity contribution is 0.739. The normalized spacial score (nSPS) is 10.4. The second-order valence-corrected chi connectivity index (χ2v) is 4.02. The first-order chi connectivity index (χ1) is 7.81. The van der Waals surface area contributed by atoms with Crippen LogP contribution in [0.5, 0.6) is 0 Å². The highest BCUT2D eigenvalue weighted by atomic mass is 15.1. The van der Waals surface area contributed by atoms with E-state index in [1.807, 2.05) is 13.2 Å². The molecule has 0 aliphatic carbocycles. The van der Waals surface area contributed by atoms with Crippen LogP contribution in [0.4, 0.5) is 5.69 Å². The van der Waals surface area contributed by atoms with Gasteiger partial charge in [-0.05, 0) is 32.0 Å². The summed E-state index contributed by atoms with van der Waals surface area (Å²) in [5.41, 5.74) is 2.40. The van der Waals surface area contributed by atoms with Gasteiger partial charge < -0.3 is 10.2 Å². The summed E-state index contributed by atoms with van der Waals surface area (Å²) in [4.78, 5) is 6.77. The van der Waals surface area contributed by atoms with Crippen molar-refractivity contribution in [3.05, 3.63) is 24.0 Å². The molecule has 3 nitrogen and oxygen atoms in total. The van der Waals surface area contributed by atoms with E-state index in [4.69, 9.17) is 0 Å². The molecule has 0 spiro atoms. The van der Waals surface area contributed by atoms with Gasteiger partial charge in [0.15, 0.2) is 0 Å². The Labute approximate surface area is 98.9 Å². The molecule has 0 atom stereocenters. The number of aromatic nitrogens is 1. The summed E-state index contributed by atoms with van der Waals surface area (Å²) in [6.45, 7) is 7.52. The van der Waals surface area contributed by atoms with Crippen LogP contribution >= 0.6 is 0 Å². The first kappa shape index (κ1) is 13.0. The van der Waals surface area contributed by atoms with Gasteiger partial charge in [-0.25, -0.2) is 0 Å². The Bertz CT molecular complexity index is 293. The van der Waals surface area contributed by atoms with Gasteiger partial charge in [0, 0.05) is 31.5 Å². The first-order valence-corrected chi connectivity index (χ1v) is 6.16. The van der Waals surface area contributed by atoms with Crippen molar-refractivity contribution in [1.29, 1.82) is 0 Å². The van der Waals surface area contributed by atoms with E-state index in [2.05, 4.69) is 41.2 Å². The third kappa shape index (κ3) is 3.81. The summed E-state index contributed by atoms with van der Waals surface area (Å²) in [5.74, 6) is 0. The number of anilines is 1. The van der Waals surface area contributed by atoms with Crippen LogP contribution in [-0.2, 0) is 6.54 Å². The zero-order valence-corrected chi connectivity index (χ0v) is 10.7. The Morgan fingerprint density at radius 2 is 1.94 bits per heavy atom. The highest BCUT2D eigenvalue weighted by Gasteiger charge is 2.05. The van der Waals surface area contributed by atoms with E-state index < -0.39 is 0 Å². The van der Waals surface area contributed by atoms with Crippen LogP contribution in [0.2, 0.25) is 0 Å². The molecule has 0 aliphatic heterocycles. The fraction of sp³-hybridized carbons (Fsp3) is 0.615. The Kier molecular flexibility index (Phi) is 5.86. The molecule has 0 amide bonds. The minimum atomic E-state index is 0.833. The van der Waals surface area contributed by atoms with E-state index in [0.717, 1.165) is 25.3 Å². The van der Waals surface area contributed by atoms with Crippen molar-refractivity contribution in [3.8, 4) is 0 Å². The van der Waals surface area contributed by atoms with Crippen LogP contribution in [-0.4, -0.2) is 25.1 Å². The summed E-state index contributed by atoms with van der Waals surface area (Å²) in [7, 11) is 1.95. The molecule has 0 bridgehead atoms. The van der Waals surface area contributed by atoms with Crippen LogP contribution in [0.3, 0.4) is 0 Å². The minimum absolute atomic E-state index is 0.833. The minimum Gasteiger partial charge on any atom is -0.371 e. The lowest BCUT2D eigenvalue weighted by Gasteiger charge is -2.24. The molecule has 0 aliphatic rings. The summed E-state index contributed by atoms with van der Waals surface area (Å²) in [6, 6.07) is 4.28. The predicted octanol–water partition coefficient (Wildman–Crippen LogP) is 2.43. The third-order valence-electron chi connectivity index (χ3n) is 2.51. The van der Waals surface area contributed by atoms with Crippen molar-refractivity contribution in [2.75, 3.05) is 25.0 Å². The van der Waals surface area contributed by atoms with Crippen molar-refractivity contribution in [2.24, 2.45) is 0 Å². The number of nitrogens with one attached hydrogen (secondary N) is 1. The summed E-state index contributed by atoms with van der Waals surface area (Å²) < 4.78 is 0. The molecule has 0 radical (unpaired) electrons. The molecular weight excluding hydrogens is 198 g/mol. The van der Waals surface area contributed by atoms with Crippen LogP contribution in [0.25, 0.3) is 0 Å². The van der Waals surface area contributed by atoms with E-state index in [0.29, 0.717) is 0 Å². The second kappa shape index (κ2) is 7.23. The first-order valence-electron chi connectivity index (χ1n) is 6.16. The highest BCUT2D eigenvalue weighted by Crippen LogP contribution is 2.15. The smallest absolute Gasteiger partial charge is 0.0562 e. The van der Waals surface area contributed by atoms with Gasteiger partial charge in [0.05, 0.1) is 5.69 Å². The van der Waals surface area contributed by atoms with E-state index in [1.54, 1.807) is 0 Å². The van der Waals surface area contributed by atoms with Crippen LogP contribution in [0, 0.1) is 0 Å². The second-order valence-electron chi connectivity index (χ2n) is 4.02. The topological polar surface area (TPSA) is 28.2 Å². The number of hydrogen-bond donors (Lipinski definition) is 1. The molecule has 3 heteroatoms. The Morgan fingerprint density at radius 1 is 1.25 bits per heavy atom. The molecule has 16 heavy (non-hydrogen) atoms. The van der Waals surface area contributed by atoms with E-state index in [-0.39, 0.29) is 0 Å². The third-order valence-corrected chi connectivity index (χ3v) is 2.51. The summed E-state index contributed by atoms with van der Waals surface area (Å²) >= 11 is 0. The molecule has 0 saturated carbocycles. The maximum Gasteiger partial charge on any atom is 0.0562 e. The Morgan fingerprint density at radius 3 is 2.50 bits per heavy atom. The molecule has 1 heterocycles. The monoisotopic (exact) mass is 221 g/mol. The molecule has 0 unspecified atom stereocenters. The molecule has 1 aromatic heterocycles. The van der Waals surface area contributed by atoms with Crippen LogP contribution in [0.1, 0.15) is 32.4 Å². The van der Waals surface area contributed by atoms with Gasteiger partial charge in [-0.1, -0.05) is 13.8 Å². The maximum atomic E-state index is 4.34. The van der Waals surface area contributed by atoms with Gasteiger partial charge >= 0.3 is 0 Å². The molecule has 0 aromatic carbocycles. The quantitative estimate of drug-likeness (QED) is 0.766. The van der Waals surface area contributed by atoms with Crippen molar-refractivity contribution in [2.45, 2.75) is 33.2 Å². The largest absolute Gasteiger partial charge is 0.371 e. The molecule has 90 valence electrons. The van der Waals surface area contributed by atoms with Gasteiger partial charge in [0.25, 0.3) is 0 Å². The number of hydrogen-bond acceptors (Lipinski definition) is 3. The van der Waals surface area contributed by atoms with Crippen molar-refractivity contribution in [3.63, 3.8) is 0 Å². The predicted molar refractivity (Wildman–Crippen MR) is 69.8 cm³/mol. The fourth-order valence-corrected chi connectivity index (χ4v) is 1.85. The standard InChI is InChI=1S/C13H23N3/c1-4-8-16(9-5-2)13-6-7-15-12(10-13)11-14-3/h6-7,10,14H,4-5,8-9,11H2,1-3H3. The van der Waals surface area contributed by atoms with Gasteiger partial charge in [0.2, 0.25) is 0 Å². The van der Waals surface area contributed by atoms with Gasteiger partial charge in [-0.15, -0.1) is 0 Å². The molecule has 1 rings (SSSR count). The lowest BCUT2D eigenvalue weighted by Crippen LogP contribution is -2.25. The summed E-state index contributed by atoms with van der Waals surface area (Å²) in [6.07, 6.45) is 4.27. The molecular formula is C13H23N3. The van der Waals surface area contributed by atoms with Crippen LogP contribution < -0.4 is 10.2 Å². The molecule has 0 saturated heterocycles. The van der Waals surface area contributed by atoms with Crippen molar-refractivity contribution in [1.82, 2.24) is 10.3 Å². The summed E-state index contributed by atoms with van der Waals surface area (Å²) in [5, 5.41) is 3.13. The van der Waals surface area contributed by atoms with Crippen molar-refractivity contribution >= 4 is 5.69 Å². The van der Waals surface area contributed by atoms with E-state index >= 15 is 0 Å². The number of nitrogens with zero attached hydrogens (tertiary/aromatic N) is 2. The average Bonchev–Trinajstić information content (AvgIpc) is 2.30. The van der Waals surface area contributed by atoms with Gasteiger partial charge in [-0.2, -0.15) is 0 Å². The fourth-order valence-electron chi connectivity index (χ4n) is 1.85.